The summed E-state index contributed by atoms with van der Waals surface area (Å²) in [7, 11) is 0. The maximum Gasteiger partial charge on any atom is 0.123 e. The second kappa shape index (κ2) is 4.81. The highest BCUT2D eigenvalue weighted by Crippen LogP contribution is 2.33. The van der Waals surface area contributed by atoms with Crippen LogP contribution in [0.25, 0.3) is 32.9 Å². The van der Waals surface area contributed by atoms with Crippen molar-refractivity contribution >= 4 is 27.5 Å². The SMILES string of the molecule is Cc1nc(N)ccc1-c1nc2ccccc2c2ccccc12. The fourth-order valence-electron chi connectivity index (χ4n) is 2.94. The van der Waals surface area contributed by atoms with Gasteiger partial charge in [-0.3, -0.25) is 0 Å². The van der Waals surface area contributed by atoms with Crippen molar-refractivity contribution < 1.29 is 0 Å². The number of nitrogens with zero attached hydrogens (tertiary/aromatic N) is 2. The third kappa shape index (κ3) is 1.91. The molecule has 0 saturated heterocycles. The molecule has 3 heteroatoms. The third-order valence-electron chi connectivity index (χ3n) is 3.97. The average molecular weight is 285 g/mol. The average Bonchev–Trinajstić information content (AvgIpc) is 2.54. The monoisotopic (exact) mass is 285 g/mol. The number of benzene rings is 2. The Morgan fingerprint density at radius 3 is 2.18 bits per heavy atom. The van der Waals surface area contributed by atoms with Gasteiger partial charge >= 0.3 is 0 Å². The molecule has 4 aromatic rings. The van der Waals surface area contributed by atoms with Crippen molar-refractivity contribution in [2.24, 2.45) is 0 Å². The number of hydrogen-bond acceptors (Lipinski definition) is 3. The van der Waals surface area contributed by atoms with Crippen LogP contribution in [0, 0.1) is 6.92 Å². The van der Waals surface area contributed by atoms with Crippen molar-refractivity contribution in [3.05, 3.63) is 66.4 Å². The zero-order chi connectivity index (χ0) is 15.1. The molecule has 2 aromatic carbocycles. The highest BCUT2D eigenvalue weighted by molar-refractivity contribution is 6.10. The smallest absolute Gasteiger partial charge is 0.123 e. The molecule has 0 aliphatic heterocycles. The third-order valence-corrected chi connectivity index (χ3v) is 3.97. The standard InChI is InChI=1S/C19H15N3/c1-12-13(10-11-18(20)21-12)19-16-8-3-2-6-14(16)15-7-4-5-9-17(15)22-19/h2-11H,1H3,(H2,20,21). The molecule has 0 saturated carbocycles. The Bertz CT molecular complexity index is 1010. The number of nitrogen functional groups attached to an aromatic ring is 1. The highest BCUT2D eigenvalue weighted by atomic mass is 14.8. The number of fused-ring (bicyclic) bond motifs is 3. The molecule has 0 bridgehead atoms. The van der Waals surface area contributed by atoms with Crippen molar-refractivity contribution in [3.63, 3.8) is 0 Å². The summed E-state index contributed by atoms with van der Waals surface area (Å²) in [6.07, 6.45) is 0. The van der Waals surface area contributed by atoms with E-state index >= 15 is 0 Å². The van der Waals surface area contributed by atoms with Crippen LogP contribution >= 0.6 is 0 Å². The van der Waals surface area contributed by atoms with Crippen LogP contribution < -0.4 is 5.73 Å². The molecule has 0 aliphatic carbocycles. The first-order chi connectivity index (χ1) is 10.7. The first kappa shape index (κ1) is 12.8. The normalized spacial score (nSPS) is 11.1. The Kier molecular flexibility index (Phi) is 2.79. The molecule has 4 rings (SSSR count). The van der Waals surface area contributed by atoms with Crippen molar-refractivity contribution in [3.8, 4) is 11.3 Å². The largest absolute Gasteiger partial charge is 0.384 e. The van der Waals surface area contributed by atoms with Gasteiger partial charge in [-0.15, -0.1) is 0 Å². The van der Waals surface area contributed by atoms with E-state index < -0.39 is 0 Å². The van der Waals surface area contributed by atoms with Gasteiger partial charge in [0.1, 0.15) is 5.82 Å². The number of rotatable bonds is 1. The minimum Gasteiger partial charge on any atom is -0.384 e. The van der Waals surface area contributed by atoms with Crippen LogP contribution in [0.5, 0.6) is 0 Å². The fourth-order valence-corrected chi connectivity index (χ4v) is 2.94. The predicted octanol–water partition coefficient (Wildman–Crippen LogP) is 4.34. The van der Waals surface area contributed by atoms with E-state index in [1.807, 2.05) is 43.3 Å². The number of aryl methyl sites for hydroxylation is 1. The number of hydrogen-bond donors (Lipinski definition) is 1. The number of pyridine rings is 2. The van der Waals surface area contributed by atoms with Crippen LogP contribution in [0.3, 0.4) is 0 Å². The van der Waals surface area contributed by atoms with Crippen LogP contribution in [-0.2, 0) is 0 Å². The summed E-state index contributed by atoms with van der Waals surface area (Å²) in [5.74, 6) is 0.534. The van der Waals surface area contributed by atoms with Gasteiger partial charge in [0.15, 0.2) is 0 Å². The first-order valence-electron chi connectivity index (χ1n) is 7.25. The first-order valence-corrected chi connectivity index (χ1v) is 7.25. The molecule has 0 radical (unpaired) electrons. The molecule has 2 heterocycles. The fraction of sp³-hybridized carbons (Fsp3) is 0.0526. The lowest BCUT2D eigenvalue weighted by Crippen LogP contribution is -1.96. The summed E-state index contributed by atoms with van der Waals surface area (Å²) in [6, 6.07) is 20.4. The summed E-state index contributed by atoms with van der Waals surface area (Å²) in [6.45, 7) is 1.97. The quantitative estimate of drug-likeness (QED) is 0.529. The van der Waals surface area contributed by atoms with Gasteiger partial charge in [0.25, 0.3) is 0 Å². The minimum absolute atomic E-state index is 0.534. The van der Waals surface area contributed by atoms with Gasteiger partial charge in [0.2, 0.25) is 0 Å². The maximum atomic E-state index is 5.78. The van der Waals surface area contributed by atoms with Crippen molar-refractivity contribution in [2.75, 3.05) is 5.73 Å². The molecule has 0 fully saturated rings. The zero-order valence-corrected chi connectivity index (χ0v) is 12.2. The Morgan fingerprint density at radius 1 is 0.727 bits per heavy atom. The molecule has 22 heavy (non-hydrogen) atoms. The molecular formula is C19H15N3. The molecule has 0 atom stereocenters. The van der Waals surface area contributed by atoms with E-state index in [9.17, 15) is 0 Å². The molecule has 2 aromatic heterocycles. The van der Waals surface area contributed by atoms with Crippen LogP contribution in [0.2, 0.25) is 0 Å². The lowest BCUT2D eigenvalue weighted by molar-refractivity contribution is 1.20. The second-order valence-electron chi connectivity index (χ2n) is 5.39. The van der Waals surface area contributed by atoms with E-state index in [0.717, 1.165) is 27.9 Å². The van der Waals surface area contributed by atoms with Gasteiger partial charge in [-0.05, 0) is 30.5 Å². The Balaban J connectivity index is 2.16. The number of aromatic nitrogens is 2. The predicted molar refractivity (Wildman–Crippen MR) is 91.6 cm³/mol. The van der Waals surface area contributed by atoms with E-state index in [1.54, 1.807) is 0 Å². The van der Waals surface area contributed by atoms with E-state index in [2.05, 4.69) is 29.2 Å². The van der Waals surface area contributed by atoms with Crippen LogP contribution in [0.4, 0.5) is 5.82 Å². The minimum atomic E-state index is 0.534. The van der Waals surface area contributed by atoms with E-state index in [4.69, 9.17) is 10.7 Å². The van der Waals surface area contributed by atoms with Gasteiger partial charge in [-0.1, -0.05) is 42.5 Å². The molecule has 0 spiro atoms. The molecule has 0 amide bonds. The Hall–Kier alpha value is -2.94. The summed E-state index contributed by atoms with van der Waals surface area (Å²) >= 11 is 0. The summed E-state index contributed by atoms with van der Waals surface area (Å²) < 4.78 is 0. The van der Waals surface area contributed by atoms with Gasteiger partial charge in [0, 0.05) is 22.0 Å². The van der Waals surface area contributed by atoms with Gasteiger partial charge in [-0.2, -0.15) is 0 Å². The molecule has 3 nitrogen and oxygen atoms in total. The van der Waals surface area contributed by atoms with E-state index in [-0.39, 0.29) is 0 Å². The molecule has 106 valence electrons. The van der Waals surface area contributed by atoms with E-state index in [1.165, 1.54) is 10.8 Å². The summed E-state index contributed by atoms with van der Waals surface area (Å²) in [4.78, 5) is 9.26. The number of para-hydroxylation sites is 1. The molecular weight excluding hydrogens is 270 g/mol. The second-order valence-corrected chi connectivity index (χ2v) is 5.39. The lowest BCUT2D eigenvalue weighted by Gasteiger charge is -2.11. The number of nitrogens with two attached hydrogens (primary N) is 1. The van der Waals surface area contributed by atoms with Crippen LogP contribution in [-0.4, -0.2) is 9.97 Å². The zero-order valence-electron chi connectivity index (χ0n) is 12.2. The van der Waals surface area contributed by atoms with Gasteiger partial charge < -0.3 is 5.73 Å². The van der Waals surface area contributed by atoms with Gasteiger partial charge in [0.05, 0.1) is 11.2 Å². The van der Waals surface area contributed by atoms with Crippen LogP contribution in [0.15, 0.2) is 60.7 Å². The molecule has 2 N–H and O–H groups in total. The lowest BCUT2D eigenvalue weighted by atomic mass is 9.99. The highest BCUT2D eigenvalue weighted by Gasteiger charge is 2.12. The molecule has 0 unspecified atom stereocenters. The maximum absolute atomic E-state index is 5.78. The van der Waals surface area contributed by atoms with Crippen LogP contribution in [0.1, 0.15) is 5.69 Å². The Labute approximate surface area is 128 Å². The van der Waals surface area contributed by atoms with Crippen molar-refractivity contribution in [1.82, 2.24) is 9.97 Å². The molecule has 0 aliphatic rings. The number of anilines is 1. The summed E-state index contributed by atoms with van der Waals surface area (Å²) in [5, 5.41) is 3.51. The van der Waals surface area contributed by atoms with Crippen molar-refractivity contribution in [2.45, 2.75) is 6.92 Å². The Morgan fingerprint density at radius 2 is 1.41 bits per heavy atom. The van der Waals surface area contributed by atoms with E-state index in [0.29, 0.717) is 5.82 Å². The van der Waals surface area contributed by atoms with Crippen molar-refractivity contribution in [1.29, 1.82) is 0 Å². The van der Waals surface area contributed by atoms with Gasteiger partial charge in [-0.25, -0.2) is 9.97 Å². The topological polar surface area (TPSA) is 51.8 Å². The summed E-state index contributed by atoms with van der Waals surface area (Å²) in [5.41, 5.74) is 9.65.